The predicted octanol–water partition coefficient (Wildman–Crippen LogP) is 3.04. The zero-order valence-electron chi connectivity index (χ0n) is 9.18. The summed E-state index contributed by atoms with van der Waals surface area (Å²) < 4.78 is 0.812. The summed E-state index contributed by atoms with van der Waals surface area (Å²) in [6, 6.07) is 5.59. The highest BCUT2D eigenvalue weighted by atomic mass is 79.9. The highest BCUT2D eigenvalue weighted by Gasteiger charge is 2.04. The molecule has 0 aliphatic heterocycles. The van der Waals surface area contributed by atoms with Crippen LogP contribution >= 0.6 is 27.5 Å². The van der Waals surface area contributed by atoms with Gasteiger partial charge in [0.05, 0.1) is 11.6 Å². The van der Waals surface area contributed by atoms with Crippen molar-refractivity contribution in [2.45, 2.75) is 19.9 Å². The summed E-state index contributed by atoms with van der Waals surface area (Å²) in [5.41, 5.74) is 0.698. The Hall–Kier alpha value is -0.580. The van der Waals surface area contributed by atoms with Gasteiger partial charge in [-0.2, -0.15) is 0 Å². The monoisotopic (exact) mass is 304 g/mol. The quantitative estimate of drug-likeness (QED) is 0.898. The first-order chi connectivity index (χ1) is 7.49. The summed E-state index contributed by atoms with van der Waals surface area (Å²) in [7, 11) is 0. The maximum absolute atomic E-state index is 11.5. The van der Waals surface area contributed by atoms with Gasteiger partial charge in [-0.15, -0.1) is 0 Å². The molecular weight excluding hydrogens is 291 g/mol. The summed E-state index contributed by atoms with van der Waals surface area (Å²) in [6.45, 7) is 4.28. The molecule has 0 aliphatic carbocycles. The lowest BCUT2D eigenvalue weighted by atomic mass is 10.3. The first-order valence-corrected chi connectivity index (χ1v) is 6.14. The molecule has 3 nitrogen and oxygen atoms in total. The second kappa shape index (κ2) is 6.23. The van der Waals surface area contributed by atoms with E-state index >= 15 is 0 Å². The zero-order valence-corrected chi connectivity index (χ0v) is 11.5. The second-order valence-corrected chi connectivity index (χ2v) is 4.97. The van der Waals surface area contributed by atoms with Crippen molar-refractivity contribution in [1.82, 2.24) is 5.32 Å². The Kier molecular flexibility index (Phi) is 5.25. The molecule has 0 saturated heterocycles. The largest absolute Gasteiger partial charge is 0.325 e. The first-order valence-electron chi connectivity index (χ1n) is 4.97. The summed E-state index contributed by atoms with van der Waals surface area (Å²) in [4.78, 5) is 11.5. The van der Waals surface area contributed by atoms with Crippen LogP contribution in [0.4, 0.5) is 5.69 Å². The number of rotatable bonds is 4. The fraction of sp³-hybridized carbons (Fsp3) is 0.364. The summed E-state index contributed by atoms with van der Waals surface area (Å²) in [6.07, 6.45) is 0. The Labute approximate surface area is 109 Å². The SMILES string of the molecule is CC(C)NCC(=O)Nc1ccc(Br)c(Cl)c1. The number of hydrogen-bond donors (Lipinski definition) is 2. The smallest absolute Gasteiger partial charge is 0.238 e. The molecule has 1 rings (SSSR count). The minimum Gasteiger partial charge on any atom is -0.325 e. The molecule has 2 N–H and O–H groups in total. The average Bonchev–Trinajstić information content (AvgIpc) is 2.21. The van der Waals surface area contributed by atoms with Gasteiger partial charge in [0.1, 0.15) is 0 Å². The third kappa shape index (κ3) is 4.51. The molecule has 1 aromatic carbocycles. The van der Waals surface area contributed by atoms with E-state index in [-0.39, 0.29) is 5.91 Å². The molecule has 5 heteroatoms. The van der Waals surface area contributed by atoms with Crippen LogP contribution in [0.2, 0.25) is 5.02 Å². The van der Waals surface area contributed by atoms with E-state index in [1.54, 1.807) is 18.2 Å². The zero-order chi connectivity index (χ0) is 12.1. The van der Waals surface area contributed by atoms with Crippen molar-refractivity contribution in [3.8, 4) is 0 Å². The molecule has 0 spiro atoms. The Balaban J connectivity index is 2.53. The number of amides is 1. The van der Waals surface area contributed by atoms with E-state index < -0.39 is 0 Å². The summed E-state index contributed by atoms with van der Waals surface area (Å²) in [5.74, 6) is -0.0768. The topological polar surface area (TPSA) is 41.1 Å². The van der Waals surface area contributed by atoms with E-state index in [0.29, 0.717) is 23.3 Å². The van der Waals surface area contributed by atoms with Gasteiger partial charge < -0.3 is 10.6 Å². The normalized spacial score (nSPS) is 10.6. The number of carbonyl (C=O) groups excluding carboxylic acids is 1. The molecule has 0 radical (unpaired) electrons. The van der Waals surface area contributed by atoms with Crippen molar-refractivity contribution >= 4 is 39.1 Å². The fourth-order valence-corrected chi connectivity index (χ4v) is 1.50. The lowest BCUT2D eigenvalue weighted by Crippen LogP contribution is -2.32. The third-order valence-electron chi connectivity index (χ3n) is 1.87. The average molecular weight is 306 g/mol. The number of nitrogens with one attached hydrogen (secondary N) is 2. The van der Waals surface area contributed by atoms with Gasteiger partial charge in [0, 0.05) is 16.2 Å². The van der Waals surface area contributed by atoms with E-state index in [4.69, 9.17) is 11.6 Å². The van der Waals surface area contributed by atoms with Crippen LogP contribution in [-0.2, 0) is 4.79 Å². The van der Waals surface area contributed by atoms with Crippen molar-refractivity contribution in [3.05, 3.63) is 27.7 Å². The van der Waals surface area contributed by atoms with Crippen LogP contribution in [0.1, 0.15) is 13.8 Å². The molecule has 1 amide bonds. The maximum Gasteiger partial charge on any atom is 0.238 e. The molecule has 0 unspecified atom stereocenters. The Morgan fingerprint density at radius 1 is 1.50 bits per heavy atom. The van der Waals surface area contributed by atoms with Crippen molar-refractivity contribution in [3.63, 3.8) is 0 Å². The molecule has 16 heavy (non-hydrogen) atoms. The third-order valence-corrected chi connectivity index (χ3v) is 3.11. The maximum atomic E-state index is 11.5. The molecular formula is C11H14BrClN2O. The highest BCUT2D eigenvalue weighted by Crippen LogP contribution is 2.25. The Bertz CT molecular complexity index is 382. The van der Waals surface area contributed by atoms with Gasteiger partial charge in [-0.25, -0.2) is 0 Å². The molecule has 0 saturated carbocycles. The number of benzene rings is 1. The lowest BCUT2D eigenvalue weighted by Gasteiger charge is -2.09. The van der Waals surface area contributed by atoms with Crippen LogP contribution in [0, 0.1) is 0 Å². The minimum absolute atomic E-state index is 0.0768. The molecule has 0 aromatic heterocycles. The van der Waals surface area contributed by atoms with Crippen molar-refractivity contribution in [2.24, 2.45) is 0 Å². The van der Waals surface area contributed by atoms with Crippen molar-refractivity contribution < 1.29 is 4.79 Å². The molecule has 0 heterocycles. The molecule has 0 bridgehead atoms. The summed E-state index contributed by atoms with van der Waals surface area (Å²) >= 11 is 9.20. The number of hydrogen-bond acceptors (Lipinski definition) is 2. The molecule has 1 aromatic rings. The van der Waals surface area contributed by atoms with Crippen molar-refractivity contribution in [1.29, 1.82) is 0 Å². The standard InChI is InChI=1S/C11H14BrClN2O/c1-7(2)14-6-11(16)15-8-3-4-9(12)10(13)5-8/h3-5,7,14H,6H2,1-2H3,(H,15,16). The van der Waals surface area contributed by atoms with Crippen LogP contribution < -0.4 is 10.6 Å². The van der Waals surface area contributed by atoms with Crippen LogP contribution in [0.15, 0.2) is 22.7 Å². The van der Waals surface area contributed by atoms with Crippen LogP contribution in [0.25, 0.3) is 0 Å². The summed E-state index contributed by atoms with van der Waals surface area (Å²) in [5, 5.41) is 6.37. The first kappa shape index (κ1) is 13.5. The molecule has 0 aliphatic rings. The van der Waals surface area contributed by atoms with Gasteiger partial charge in [0.2, 0.25) is 5.91 Å². The van der Waals surface area contributed by atoms with Gasteiger partial charge >= 0.3 is 0 Å². The van der Waals surface area contributed by atoms with Crippen molar-refractivity contribution in [2.75, 3.05) is 11.9 Å². The Morgan fingerprint density at radius 3 is 2.75 bits per heavy atom. The van der Waals surface area contributed by atoms with Gasteiger partial charge in [-0.3, -0.25) is 4.79 Å². The number of halogens is 2. The predicted molar refractivity (Wildman–Crippen MR) is 70.9 cm³/mol. The highest BCUT2D eigenvalue weighted by molar-refractivity contribution is 9.10. The number of carbonyl (C=O) groups is 1. The van der Waals surface area contributed by atoms with Gasteiger partial charge in [-0.1, -0.05) is 25.4 Å². The van der Waals surface area contributed by atoms with Gasteiger partial charge in [0.25, 0.3) is 0 Å². The van der Waals surface area contributed by atoms with Gasteiger partial charge in [0.15, 0.2) is 0 Å². The van der Waals surface area contributed by atoms with E-state index in [2.05, 4.69) is 26.6 Å². The van der Waals surface area contributed by atoms with Gasteiger partial charge in [-0.05, 0) is 34.1 Å². The molecule has 0 fully saturated rings. The van der Waals surface area contributed by atoms with Crippen LogP contribution in [0.5, 0.6) is 0 Å². The second-order valence-electron chi connectivity index (χ2n) is 3.71. The van der Waals surface area contributed by atoms with E-state index in [0.717, 1.165) is 4.47 Å². The van der Waals surface area contributed by atoms with Crippen LogP contribution in [0.3, 0.4) is 0 Å². The minimum atomic E-state index is -0.0768. The molecule has 0 atom stereocenters. The number of anilines is 1. The van der Waals surface area contributed by atoms with Crippen LogP contribution in [-0.4, -0.2) is 18.5 Å². The van der Waals surface area contributed by atoms with E-state index in [9.17, 15) is 4.79 Å². The molecule has 88 valence electrons. The lowest BCUT2D eigenvalue weighted by molar-refractivity contribution is -0.115. The van der Waals surface area contributed by atoms with E-state index in [1.165, 1.54) is 0 Å². The Morgan fingerprint density at radius 2 is 2.19 bits per heavy atom. The van der Waals surface area contributed by atoms with E-state index in [1.807, 2.05) is 13.8 Å². The fourth-order valence-electron chi connectivity index (χ4n) is 1.08.